The summed E-state index contributed by atoms with van der Waals surface area (Å²) >= 11 is 2.30. The lowest BCUT2D eigenvalue weighted by molar-refractivity contribution is 0.348. The molecular formula is C14H19IN2. The summed E-state index contributed by atoms with van der Waals surface area (Å²) in [7, 11) is 0. The van der Waals surface area contributed by atoms with Crippen LogP contribution in [0.15, 0.2) is 18.2 Å². The first kappa shape index (κ1) is 11.6. The van der Waals surface area contributed by atoms with Crippen LogP contribution in [0.2, 0.25) is 0 Å². The average Bonchev–Trinajstić information content (AvgIpc) is 2.89. The van der Waals surface area contributed by atoms with Gasteiger partial charge in [-0.25, -0.2) is 0 Å². The first-order valence-electron chi connectivity index (χ1n) is 6.51. The molecule has 3 N–H and O–H groups in total. The zero-order valence-corrected chi connectivity index (χ0v) is 12.1. The van der Waals surface area contributed by atoms with Crippen LogP contribution in [0.5, 0.6) is 0 Å². The molecule has 0 amide bonds. The van der Waals surface area contributed by atoms with E-state index in [0.717, 1.165) is 35.7 Å². The molecule has 2 saturated carbocycles. The zero-order valence-electron chi connectivity index (χ0n) is 9.95. The largest absolute Gasteiger partial charge is 0.397 e. The summed E-state index contributed by atoms with van der Waals surface area (Å²) < 4.78 is 1.20. The molecule has 2 aliphatic rings. The van der Waals surface area contributed by atoms with E-state index in [0.29, 0.717) is 0 Å². The number of hydrogen-bond acceptors (Lipinski definition) is 2. The molecule has 2 bridgehead atoms. The minimum absolute atomic E-state index is 0.875. The topological polar surface area (TPSA) is 38.0 Å². The molecular weight excluding hydrogens is 323 g/mol. The Balaban J connectivity index is 1.60. The third-order valence-electron chi connectivity index (χ3n) is 4.45. The highest BCUT2D eigenvalue weighted by Crippen LogP contribution is 2.48. The number of rotatable bonds is 3. The maximum atomic E-state index is 6.01. The molecule has 92 valence electrons. The molecule has 0 radical (unpaired) electrons. The standard InChI is InChI=1S/C14H19IN2/c15-12-3-4-14(13(16)7-12)17-8-11-6-9-1-2-10(11)5-9/h3-4,7,9-11,17H,1-2,5-6,8,16H2. The van der Waals surface area contributed by atoms with Crippen molar-refractivity contribution < 1.29 is 0 Å². The number of nitrogens with two attached hydrogens (primary N) is 1. The Bertz CT molecular complexity index is 419. The van der Waals surface area contributed by atoms with Crippen molar-refractivity contribution in [3.8, 4) is 0 Å². The number of nitrogens with one attached hydrogen (secondary N) is 1. The molecule has 2 fully saturated rings. The summed E-state index contributed by atoms with van der Waals surface area (Å²) in [4.78, 5) is 0. The number of anilines is 2. The molecule has 1 aromatic rings. The van der Waals surface area contributed by atoms with E-state index in [4.69, 9.17) is 5.73 Å². The summed E-state index contributed by atoms with van der Waals surface area (Å²) in [6.07, 6.45) is 5.85. The van der Waals surface area contributed by atoms with Crippen molar-refractivity contribution in [2.45, 2.75) is 25.7 Å². The molecule has 0 spiro atoms. The molecule has 3 rings (SSSR count). The molecule has 0 heterocycles. The minimum atomic E-state index is 0.875. The van der Waals surface area contributed by atoms with E-state index < -0.39 is 0 Å². The summed E-state index contributed by atoms with van der Waals surface area (Å²) in [5.41, 5.74) is 7.99. The van der Waals surface area contributed by atoms with E-state index in [1.54, 1.807) is 0 Å². The number of hydrogen-bond donors (Lipinski definition) is 2. The van der Waals surface area contributed by atoms with Gasteiger partial charge in [-0.3, -0.25) is 0 Å². The van der Waals surface area contributed by atoms with Gasteiger partial charge >= 0.3 is 0 Å². The van der Waals surface area contributed by atoms with Crippen molar-refractivity contribution in [1.29, 1.82) is 0 Å². The number of fused-ring (bicyclic) bond motifs is 2. The quantitative estimate of drug-likeness (QED) is 0.649. The van der Waals surface area contributed by atoms with E-state index in [-0.39, 0.29) is 0 Å². The molecule has 2 aliphatic carbocycles. The second-order valence-corrected chi connectivity index (χ2v) is 6.79. The van der Waals surface area contributed by atoms with Crippen molar-refractivity contribution in [3.05, 3.63) is 21.8 Å². The van der Waals surface area contributed by atoms with Crippen molar-refractivity contribution in [2.24, 2.45) is 17.8 Å². The van der Waals surface area contributed by atoms with Gasteiger partial charge in [0, 0.05) is 10.1 Å². The van der Waals surface area contributed by atoms with E-state index in [1.807, 2.05) is 6.07 Å². The third-order valence-corrected chi connectivity index (χ3v) is 5.12. The van der Waals surface area contributed by atoms with Crippen LogP contribution in [0.3, 0.4) is 0 Å². The van der Waals surface area contributed by atoms with Crippen LogP contribution in [0, 0.1) is 21.3 Å². The van der Waals surface area contributed by atoms with Crippen LogP contribution < -0.4 is 11.1 Å². The maximum absolute atomic E-state index is 6.01. The molecule has 0 aliphatic heterocycles. The number of halogens is 1. The molecule has 3 atom stereocenters. The summed E-state index contributed by atoms with van der Waals surface area (Å²) in [5.74, 6) is 2.89. The van der Waals surface area contributed by atoms with Gasteiger partial charge < -0.3 is 11.1 Å². The fourth-order valence-electron chi connectivity index (χ4n) is 3.56. The van der Waals surface area contributed by atoms with Crippen LogP contribution in [0.25, 0.3) is 0 Å². The van der Waals surface area contributed by atoms with Gasteiger partial charge in [0.05, 0.1) is 11.4 Å². The van der Waals surface area contributed by atoms with Crippen LogP contribution in [0.4, 0.5) is 11.4 Å². The van der Waals surface area contributed by atoms with Crippen molar-refractivity contribution >= 4 is 34.0 Å². The Morgan fingerprint density at radius 3 is 2.82 bits per heavy atom. The van der Waals surface area contributed by atoms with Crippen molar-refractivity contribution in [2.75, 3.05) is 17.6 Å². The second-order valence-electron chi connectivity index (χ2n) is 5.55. The molecule has 2 nitrogen and oxygen atoms in total. The van der Waals surface area contributed by atoms with Crippen LogP contribution in [0.1, 0.15) is 25.7 Å². The molecule has 0 aromatic heterocycles. The predicted molar refractivity (Wildman–Crippen MR) is 81.0 cm³/mol. The summed E-state index contributed by atoms with van der Waals surface area (Å²) in [5, 5.41) is 3.54. The van der Waals surface area contributed by atoms with Gasteiger partial charge in [0.1, 0.15) is 0 Å². The summed E-state index contributed by atoms with van der Waals surface area (Å²) in [6, 6.07) is 6.24. The van der Waals surface area contributed by atoms with E-state index in [9.17, 15) is 0 Å². The van der Waals surface area contributed by atoms with Crippen LogP contribution in [-0.2, 0) is 0 Å². The highest BCUT2D eigenvalue weighted by atomic mass is 127. The SMILES string of the molecule is Nc1cc(I)ccc1NCC1CC2CCC1C2. The maximum Gasteiger partial charge on any atom is 0.0574 e. The van der Waals surface area contributed by atoms with Gasteiger partial charge in [-0.15, -0.1) is 0 Å². The van der Waals surface area contributed by atoms with Crippen molar-refractivity contribution in [3.63, 3.8) is 0 Å². The Kier molecular flexibility index (Phi) is 3.19. The monoisotopic (exact) mass is 342 g/mol. The third kappa shape index (κ3) is 2.39. The van der Waals surface area contributed by atoms with E-state index in [1.165, 1.54) is 29.3 Å². The highest BCUT2D eigenvalue weighted by molar-refractivity contribution is 14.1. The van der Waals surface area contributed by atoms with Gasteiger partial charge in [-0.1, -0.05) is 6.42 Å². The molecule has 3 unspecified atom stereocenters. The summed E-state index contributed by atoms with van der Waals surface area (Å²) in [6.45, 7) is 1.10. The van der Waals surface area contributed by atoms with Gasteiger partial charge in [0.15, 0.2) is 0 Å². The molecule has 3 heteroatoms. The van der Waals surface area contributed by atoms with Crippen LogP contribution >= 0.6 is 22.6 Å². The second kappa shape index (κ2) is 4.67. The minimum Gasteiger partial charge on any atom is -0.397 e. The highest BCUT2D eigenvalue weighted by Gasteiger charge is 2.38. The van der Waals surface area contributed by atoms with Crippen LogP contribution in [-0.4, -0.2) is 6.54 Å². The average molecular weight is 342 g/mol. The van der Waals surface area contributed by atoms with Gasteiger partial charge in [-0.05, 0) is 77.8 Å². The molecule has 0 saturated heterocycles. The Morgan fingerprint density at radius 2 is 2.18 bits per heavy atom. The van der Waals surface area contributed by atoms with E-state index >= 15 is 0 Å². The van der Waals surface area contributed by atoms with Gasteiger partial charge in [-0.2, -0.15) is 0 Å². The van der Waals surface area contributed by atoms with Crippen molar-refractivity contribution in [1.82, 2.24) is 0 Å². The van der Waals surface area contributed by atoms with Gasteiger partial charge in [0.25, 0.3) is 0 Å². The molecule has 1 aromatic carbocycles. The Morgan fingerprint density at radius 1 is 1.29 bits per heavy atom. The fourth-order valence-corrected chi connectivity index (χ4v) is 4.08. The first-order valence-corrected chi connectivity index (χ1v) is 7.59. The lowest BCUT2D eigenvalue weighted by Gasteiger charge is -2.22. The molecule has 17 heavy (non-hydrogen) atoms. The Labute approximate surface area is 116 Å². The Hall–Kier alpha value is -0.450. The number of benzene rings is 1. The lowest BCUT2D eigenvalue weighted by atomic mass is 9.89. The predicted octanol–water partition coefficient (Wildman–Crippen LogP) is 3.72. The number of nitrogen functional groups attached to an aromatic ring is 1. The van der Waals surface area contributed by atoms with Gasteiger partial charge in [0.2, 0.25) is 0 Å². The zero-order chi connectivity index (χ0) is 11.8. The van der Waals surface area contributed by atoms with E-state index in [2.05, 4.69) is 40.0 Å². The lowest BCUT2D eigenvalue weighted by Crippen LogP contribution is -2.20. The normalized spacial score (nSPS) is 30.8. The first-order chi connectivity index (χ1) is 8.22. The fraction of sp³-hybridized carbons (Fsp3) is 0.571. The smallest absolute Gasteiger partial charge is 0.0574 e.